The van der Waals surface area contributed by atoms with Gasteiger partial charge in [0.1, 0.15) is 12.1 Å². The fourth-order valence-electron chi connectivity index (χ4n) is 8.31. The van der Waals surface area contributed by atoms with Crippen LogP contribution in [-0.2, 0) is 27.4 Å². The summed E-state index contributed by atoms with van der Waals surface area (Å²) in [4.78, 5) is 20.1. The lowest BCUT2D eigenvalue weighted by Crippen LogP contribution is -2.29. The number of ether oxygens (including phenoxy) is 1. The average Bonchev–Trinajstić information content (AvgIpc) is 3.86. The molecule has 0 spiro atoms. The lowest BCUT2D eigenvalue weighted by molar-refractivity contribution is -0.0533. The van der Waals surface area contributed by atoms with Crippen LogP contribution in [0.1, 0.15) is 93.8 Å². The molecular weight excluding hydrogens is 671 g/mol. The molecule has 3 unspecified atom stereocenters. The van der Waals surface area contributed by atoms with E-state index < -0.39 is 9.84 Å². The molecule has 0 amide bonds. The van der Waals surface area contributed by atoms with Crippen LogP contribution in [0.25, 0.3) is 32.1 Å². The largest absolute Gasteiger partial charge is 0.421 e. The van der Waals surface area contributed by atoms with Crippen molar-refractivity contribution in [1.82, 2.24) is 30.1 Å². The van der Waals surface area contributed by atoms with Crippen LogP contribution in [0.15, 0.2) is 40.0 Å². The van der Waals surface area contributed by atoms with Gasteiger partial charge in [0.15, 0.2) is 9.84 Å². The van der Waals surface area contributed by atoms with Crippen molar-refractivity contribution in [1.29, 1.82) is 0 Å². The number of thiophene rings is 1. The Kier molecular flexibility index (Phi) is 8.71. The van der Waals surface area contributed by atoms with Crippen LogP contribution >= 0.6 is 11.3 Å². The SMILES string of the molecule is Cc1nnc(-c2c(CCC3CC(C)OC(C)C3)nc3c(c2-c2cc4ncnc(NC[C@@H]5CCc6ncccc65)c4s2)S(=O)(=O)CC3C(C)C)o1. The number of hydrogen-bond donors (Lipinski definition) is 1. The molecule has 13 heteroatoms. The van der Waals surface area contributed by atoms with Gasteiger partial charge in [0.25, 0.3) is 0 Å². The van der Waals surface area contributed by atoms with E-state index in [2.05, 4.69) is 64.2 Å². The highest BCUT2D eigenvalue weighted by Crippen LogP contribution is 2.51. The second-order valence-corrected chi connectivity index (χ2v) is 17.6. The molecule has 4 atom stereocenters. The van der Waals surface area contributed by atoms with E-state index in [1.165, 1.54) is 22.6 Å². The topological polar surface area (TPSA) is 146 Å². The van der Waals surface area contributed by atoms with Crippen molar-refractivity contribution in [2.24, 2.45) is 11.8 Å². The fourth-order valence-corrected chi connectivity index (χ4v) is 11.7. The van der Waals surface area contributed by atoms with Crippen molar-refractivity contribution in [2.75, 3.05) is 17.6 Å². The molecule has 50 heavy (non-hydrogen) atoms. The molecule has 0 bridgehead atoms. The first-order chi connectivity index (χ1) is 24.1. The summed E-state index contributed by atoms with van der Waals surface area (Å²) in [6.07, 6.45) is 9.33. The molecule has 3 aliphatic rings. The van der Waals surface area contributed by atoms with E-state index >= 15 is 0 Å². The summed E-state index contributed by atoms with van der Waals surface area (Å²) in [7, 11) is -3.69. The second kappa shape index (κ2) is 13.1. The van der Waals surface area contributed by atoms with Gasteiger partial charge in [-0.2, -0.15) is 0 Å². The minimum atomic E-state index is -3.69. The highest BCUT2D eigenvalue weighted by molar-refractivity contribution is 7.92. The van der Waals surface area contributed by atoms with Gasteiger partial charge in [-0.15, -0.1) is 21.5 Å². The minimum absolute atomic E-state index is 0.0238. The smallest absolute Gasteiger partial charge is 0.250 e. The predicted molar refractivity (Wildman–Crippen MR) is 193 cm³/mol. The van der Waals surface area contributed by atoms with Crippen LogP contribution in [-0.4, -0.2) is 63.1 Å². The van der Waals surface area contributed by atoms with E-state index in [4.69, 9.17) is 14.1 Å². The Labute approximate surface area is 296 Å². The van der Waals surface area contributed by atoms with Crippen LogP contribution in [0.2, 0.25) is 0 Å². The molecule has 5 aromatic rings. The van der Waals surface area contributed by atoms with E-state index in [0.717, 1.165) is 58.7 Å². The van der Waals surface area contributed by atoms with Gasteiger partial charge in [-0.25, -0.2) is 18.4 Å². The van der Waals surface area contributed by atoms with Crippen molar-refractivity contribution in [3.8, 4) is 21.9 Å². The van der Waals surface area contributed by atoms with Gasteiger partial charge in [-0.05, 0) is 81.9 Å². The molecule has 1 N–H and O–H groups in total. The Morgan fingerprint density at radius 3 is 2.66 bits per heavy atom. The molecule has 1 fully saturated rings. The molecule has 0 radical (unpaired) electrons. The highest BCUT2D eigenvalue weighted by atomic mass is 32.2. The Bertz CT molecular complexity index is 2170. The number of sulfone groups is 1. The molecule has 0 aromatic carbocycles. The van der Waals surface area contributed by atoms with E-state index in [1.807, 2.05) is 18.3 Å². The first-order valence-corrected chi connectivity index (χ1v) is 20.2. The summed E-state index contributed by atoms with van der Waals surface area (Å²) in [6, 6.07) is 6.14. The molecular formula is C37H43N7O4S2. The van der Waals surface area contributed by atoms with Crippen molar-refractivity contribution in [2.45, 2.75) is 102 Å². The van der Waals surface area contributed by atoms with E-state index in [-0.39, 0.29) is 40.6 Å². The third-order valence-electron chi connectivity index (χ3n) is 10.6. The lowest BCUT2D eigenvalue weighted by Gasteiger charge is -2.32. The number of hydrogen-bond acceptors (Lipinski definition) is 12. The van der Waals surface area contributed by atoms with Gasteiger partial charge < -0.3 is 14.5 Å². The number of aryl methyl sites for hydroxylation is 3. The Hall–Kier alpha value is -3.81. The molecule has 7 heterocycles. The van der Waals surface area contributed by atoms with E-state index in [0.29, 0.717) is 47.5 Å². The van der Waals surface area contributed by atoms with Crippen LogP contribution < -0.4 is 5.32 Å². The predicted octanol–water partition coefficient (Wildman–Crippen LogP) is 7.31. The molecule has 262 valence electrons. The average molecular weight is 714 g/mol. The maximum absolute atomic E-state index is 14.2. The zero-order valence-electron chi connectivity index (χ0n) is 29.1. The van der Waals surface area contributed by atoms with Crippen molar-refractivity contribution in [3.05, 3.63) is 59.3 Å². The third-order valence-corrected chi connectivity index (χ3v) is 13.6. The summed E-state index contributed by atoms with van der Waals surface area (Å²) in [5, 5.41) is 12.2. The number of fused-ring (bicyclic) bond motifs is 3. The minimum Gasteiger partial charge on any atom is -0.421 e. The first-order valence-electron chi connectivity index (χ1n) is 17.7. The molecule has 0 saturated carbocycles. The van der Waals surface area contributed by atoms with Crippen molar-refractivity contribution >= 4 is 37.2 Å². The van der Waals surface area contributed by atoms with Crippen LogP contribution in [0.3, 0.4) is 0 Å². The van der Waals surface area contributed by atoms with Crippen molar-refractivity contribution < 1.29 is 17.6 Å². The zero-order valence-corrected chi connectivity index (χ0v) is 30.8. The summed E-state index contributed by atoms with van der Waals surface area (Å²) in [5.41, 5.74) is 5.84. The zero-order chi connectivity index (χ0) is 34.7. The number of nitrogens with one attached hydrogen (secondary N) is 1. The number of nitrogens with zero attached hydrogens (tertiary/aromatic N) is 6. The number of pyridine rings is 2. The summed E-state index contributed by atoms with van der Waals surface area (Å²) in [6.45, 7) is 10.9. The monoisotopic (exact) mass is 713 g/mol. The van der Waals surface area contributed by atoms with Gasteiger partial charge in [0, 0.05) is 47.6 Å². The van der Waals surface area contributed by atoms with Gasteiger partial charge in [-0.1, -0.05) is 19.9 Å². The molecule has 11 nitrogen and oxygen atoms in total. The Morgan fingerprint density at radius 2 is 1.90 bits per heavy atom. The molecule has 5 aromatic heterocycles. The van der Waals surface area contributed by atoms with E-state index in [1.54, 1.807) is 13.3 Å². The molecule has 1 saturated heterocycles. The van der Waals surface area contributed by atoms with Gasteiger partial charge >= 0.3 is 0 Å². The highest BCUT2D eigenvalue weighted by Gasteiger charge is 2.43. The van der Waals surface area contributed by atoms with Crippen LogP contribution in [0.4, 0.5) is 5.82 Å². The summed E-state index contributed by atoms with van der Waals surface area (Å²) in [5.74, 6) is 2.12. The van der Waals surface area contributed by atoms with E-state index in [9.17, 15) is 8.42 Å². The number of rotatable bonds is 9. The van der Waals surface area contributed by atoms with Crippen LogP contribution in [0.5, 0.6) is 0 Å². The number of aromatic nitrogens is 6. The molecule has 8 rings (SSSR count). The first kappa shape index (κ1) is 33.3. The third kappa shape index (κ3) is 6.11. The quantitative estimate of drug-likeness (QED) is 0.164. The summed E-state index contributed by atoms with van der Waals surface area (Å²) < 4.78 is 41.4. The maximum Gasteiger partial charge on any atom is 0.250 e. The Balaban J connectivity index is 1.26. The molecule has 1 aliphatic carbocycles. The van der Waals surface area contributed by atoms with Crippen LogP contribution in [0, 0.1) is 18.8 Å². The fraction of sp³-hybridized carbons (Fsp3) is 0.514. The van der Waals surface area contributed by atoms with Crippen molar-refractivity contribution in [3.63, 3.8) is 0 Å². The normalized spacial score (nSPS) is 24.2. The standard InChI is InChI=1S/C37H43N7O4S2/c1-19(2)26-17-50(45,46)35-32(30-15-29-34(49-30)36(41-18-40-29)39-16-24-9-11-27-25(24)7-6-12-38-27)31(37-44-43-22(5)48-37)28(42-33(26)35)10-8-23-13-20(3)47-21(4)14-23/h6-7,12,15,18-21,23-24,26H,8-11,13-14,16-17H2,1-5H3,(H,39,40,41)/t20?,21?,23?,24-,26?/m0/s1. The maximum atomic E-state index is 14.2. The summed E-state index contributed by atoms with van der Waals surface area (Å²) >= 11 is 1.49. The number of anilines is 1. The lowest BCUT2D eigenvalue weighted by atomic mass is 9.86. The second-order valence-electron chi connectivity index (χ2n) is 14.6. The Morgan fingerprint density at radius 1 is 1.08 bits per heavy atom. The molecule has 2 aliphatic heterocycles. The van der Waals surface area contributed by atoms with Gasteiger partial charge in [-0.3, -0.25) is 9.97 Å². The van der Waals surface area contributed by atoms with Gasteiger partial charge in [0.2, 0.25) is 11.8 Å². The van der Waals surface area contributed by atoms with Gasteiger partial charge in [0.05, 0.1) is 50.0 Å².